The smallest absolute Gasteiger partial charge is 0.134 e. The van der Waals surface area contributed by atoms with Gasteiger partial charge in [-0.05, 0) is 26.6 Å². The predicted octanol–water partition coefficient (Wildman–Crippen LogP) is 3.55. The summed E-state index contributed by atoms with van der Waals surface area (Å²) in [7, 11) is 1.95. The van der Waals surface area contributed by atoms with E-state index in [1.165, 1.54) is 16.5 Å². The molecule has 3 nitrogen and oxygen atoms in total. The molecule has 1 N–H and O–H groups in total. The summed E-state index contributed by atoms with van der Waals surface area (Å²) in [5, 5.41) is 4.41. The van der Waals surface area contributed by atoms with E-state index in [1.807, 2.05) is 19.2 Å². The summed E-state index contributed by atoms with van der Waals surface area (Å²) in [6.45, 7) is 11.9. The standard InChI is InChI=1S/C17H24N2O/c1-5-19(11-13(2)3)12-15-14-8-6-7-9-16(14)20-17(15)10-18-4/h6-9,18H,2,5,10-12H2,1,3-4H3. The lowest BCUT2D eigenvalue weighted by atomic mass is 10.1. The Kier molecular flexibility index (Phi) is 4.99. The van der Waals surface area contributed by atoms with Crippen molar-refractivity contribution in [2.45, 2.75) is 26.9 Å². The van der Waals surface area contributed by atoms with Gasteiger partial charge in [0, 0.05) is 24.0 Å². The van der Waals surface area contributed by atoms with Gasteiger partial charge in [0.05, 0.1) is 6.54 Å². The molecule has 0 saturated carbocycles. The Balaban J connectivity index is 2.34. The number of nitrogens with zero attached hydrogens (tertiary/aromatic N) is 1. The van der Waals surface area contributed by atoms with Crippen LogP contribution in [0.4, 0.5) is 0 Å². The van der Waals surface area contributed by atoms with Crippen molar-refractivity contribution < 1.29 is 4.42 Å². The molecule has 0 spiro atoms. The van der Waals surface area contributed by atoms with E-state index in [0.29, 0.717) is 0 Å². The molecule has 0 atom stereocenters. The van der Waals surface area contributed by atoms with E-state index < -0.39 is 0 Å². The minimum Gasteiger partial charge on any atom is -0.459 e. The minimum absolute atomic E-state index is 0.759. The molecule has 0 fully saturated rings. The lowest BCUT2D eigenvalue weighted by Gasteiger charge is -2.20. The van der Waals surface area contributed by atoms with Crippen LogP contribution in [-0.4, -0.2) is 25.0 Å². The molecule has 0 amide bonds. The minimum atomic E-state index is 0.759. The van der Waals surface area contributed by atoms with E-state index in [9.17, 15) is 0 Å². The molecule has 0 aliphatic heterocycles. The third kappa shape index (κ3) is 3.30. The fourth-order valence-corrected chi connectivity index (χ4v) is 2.51. The SMILES string of the molecule is C=C(C)CN(CC)Cc1c(CNC)oc2ccccc12. The largest absolute Gasteiger partial charge is 0.459 e. The molecule has 0 unspecified atom stereocenters. The Morgan fingerprint density at radius 2 is 2.10 bits per heavy atom. The number of para-hydroxylation sites is 1. The monoisotopic (exact) mass is 272 g/mol. The molecule has 0 bridgehead atoms. The van der Waals surface area contributed by atoms with Crippen LogP contribution in [0.1, 0.15) is 25.2 Å². The first-order valence-corrected chi connectivity index (χ1v) is 7.16. The second-order valence-corrected chi connectivity index (χ2v) is 5.29. The number of rotatable bonds is 7. The summed E-state index contributed by atoms with van der Waals surface area (Å²) >= 11 is 0. The van der Waals surface area contributed by atoms with Gasteiger partial charge in [0.15, 0.2) is 0 Å². The number of hydrogen-bond donors (Lipinski definition) is 1. The summed E-state index contributed by atoms with van der Waals surface area (Å²) in [4.78, 5) is 2.39. The maximum atomic E-state index is 5.98. The molecule has 1 heterocycles. The van der Waals surface area contributed by atoms with E-state index in [1.54, 1.807) is 0 Å². The molecule has 0 radical (unpaired) electrons. The first kappa shape index (κ1) is 14.8. The van der Waals surface area contributed by atoms with Crippen molar-refractivity contribution in [3.8, 4) is 0 Å². The molecule has 0 saturated heterocycles. The van der Waals surface area contributed by atoms with Crippen molar-refractivity contribution in [2.24, 2.45) is 0 Å². The van der Waals surface area contributed by atoms with Crippen LogP contribution in [0.15, 0.2) is 40.8 Å². The highest BCUT2D eigenvalue weighted by Gasteiger charge is 2.15. The summed E-state index contributed by atoms with van der Waals surface area (Å²) in [6.07, 6.45) is 0. The van der Waals surface area contributed by atoms with E-state index in [-0.39, 0.29) is 0 Å². The van der Waals surface area contributed by atoms with Gasteiger partial charge in [0.1, 0.15) is 11.3 Å². The second kappa shape index (κ2) is 6.73. The Morgan fingerprint density at radius 1 is 1.35 bits per heavy atom. The third-order valence-corrected chi connectivity index (χ3v) is 3.44. The van der Waals surface area contributed by atoms with E-state index in [2.05, 4.69) is 42.8 Å². The van der Waals surface area contributed by atoms with Crippen LogP contribution in [0.2, 0.25) is 0 Å². The van der Waals surface area contributed by atoms with Crippen LogP contribution in [0.25, 0.3) is 11.0 Å². The molecule has 20 heavy (non-hydrogen) atoms. The van der Waals surface area contributed by atoms with Gasteiger partial charge >= 0.3 is 0 Å². The van der Waals surface area contributed by atoms with Crippen molar-refractivity contribution in [1.82, 2.24) is 10.2 Å². The van der Waals surface area contributed by atoms with Crippen molar-refractivity contribution in [3.63, 3.8) is 0 Å². The molecular weight excluding hydrogens is 248 g/mol. The Hall–Kier alpha value is -1.58. The van der Waals surface area contributed by atoms with Gasteiger partial charge in [-0.15, -0.1) is 0 Å². The average molecular weight is 272 g/mol. The first-order valence-electron chi connectivity index (χ1n) is 7.16. The van der Waals surface area contributed by atoms with Gasteiger partial charge in [0.25, 0.3) is 0 Å². The number of likely N-dealkylation sites (N-methyl/N-ethyl adjacent to an activating group) is 1. The van der Waals surface area contributed by atoms with Crippen molar-refractivity contribution in [2.75, 3.05) is 20.1 Å². The van der Waals surface area contributed by atoms with Crippen LogP contribution in [0.5, 0.6) is 0 Å². The quantitative estimate of drug-likeness (QED) is 0.781. The van der Waals surface area contributed by atoms with Gasteiger partial charge in [-0.25, -0.2) is 0 Å². The summed E-state index contributed by atoms with van der Waals surface area (Å²) < 4.78 is 5.98. The molecular formula is C17H24N2O. The average Bonchev–Trinajstić information content (AvgIpc) is 2.76. The molecule has 108 valence electrons. The van der Waals surface area contributed by atoms with E-state index in [4.69, 9.17) is 4.42 Å². The van der Waals surface area contributed by atoms with Crippen LogP contribution >= 0.6 is 0 Å². The molecule has 2 aromatic rings. The lowest BCUT2D eigenvalue weighted by molar-refractivity contribution is 0.302. The van der Waals surface area contributed by atoms with Gasteiger partial charge in [0.2, 0.25) is 0 Å². The number of benzene rings is 1. The number of nitrogens with one attached hydrogen (secondary N) is 1. The maximum absolute atomic E-state index is 5.98. The predicted molar refractivity (Wildman–Crippen MR) is 84.7 cm³/mol. The molecule has 0 aliphatic carbocycles. The van der Waals surface area contributed by atoms with Gasteiger partial charge in [-0.3, -0.25) is 4.90 Å². The zero-order valence-electron chi connectivity index (χ0n) is 12.7. The van der Waals surface area contributed by atoms with Crippen molar-refractivity contribution in [1.29, 1.82) is 0 Å². The number of hydrogen-bond acceptors (Lipinski definition) is 3. The highest BCUT2D eigenvalue weighted by Crippen LogP contribution is 2.27. The van der Waals surface area contributed by atoms with E-state index in [0.717, 1.165) is 37.5 Å². The lowest BCUT2D eigenvalue weighted by Crippen LogP contribution is -2.25. The van der Waals surface area contributed by atoms with Crippen LogP contribution in [-0.2, 0) is 13.1 Å². The zero-order chi connectivity index (χ0) is 14.5. The first-order chi connectivity index (χ1) is 9.65. The van der Waals surface area contributed by atoms with Crippen LogP contribution in [0.3, 0.4) is 0 Å². The van der Waals surface area contributed by atoms with Gasteiger partial charge < -0.3 is 9.73 Å². The van der Waals surface area contributed by atoms with Crippen molar-refractivity contribution >= 4 is 11.0 Å². The third-order valence-electron chi connectivity index (χ3n) is 3.44. The highest BCUT2D eigenvalue weighted by molar-refractivity contribution is 5.82. The zero-order valence-corrected chi connectivity index (χ0v) is 12.7. The Labute approximate surface area is 121 Å². The molecule has 3 heteroatoms. The van der Waals surface area contributed by atoms with Crippen molar-refractivity contribution in [3.05, 3.63) is 47.7 Å². The molecule has 2 rings (SSSR count). The summed E-state index contributed by atoms with van der Waals surface area (Å²) in [5.74, 6) is 1.04. The highest BCUT2D eigenvalue weighted by atomic mass is 16.3. The van der Waals surface area contributed by atoms with E-state index >= 15 is 0 Å². The van der Waals surface area contributed by atoms with Crippen LogP contribution in [0, 0.1) is 0 Å². The molecule has 0 aliphatic rings. The summed E-state index contributed by atoms with van der Waals surface area (Å²) in [5.41, 5.74) is 3.45. The molecule has 1 aromatic carbocycles. The Morgan fingerprint density at radius 3 is 2.75 bits per heavy atom. The maximum Gasteiger partial charge on any atom is 0.134 e. The summed E-state index contributed by atoms with van der Waals surface area (Å²) in [6, 6.07) is 8.26. The van der Waals surface area contributed by atoms with Crippen LogP contribution < -0.4 is 5.32 Å². The normalized spacial score (nSPS) is 11.4. The number of fused-ring (bicyclic) bond motifs is 1. The fraction of sp³-hybridized carbons (Fsp3) is 0.412. The molecule has 1 aromatic heterocycles. The fourth-order valence-electron chi connectivity index (χ4n) is 2.51. The second-order valence-electron chi connectivity index (χ2n) is 5.29. The number of furan rings is 1. The Bertz CT molecular complexity index is 586. The van der Waals surface area contributed by atoms with Gasteiger partial charge in [-0.1, -0.05) is 37.3 Å². The van der Waals surface area contributed by atoms with Gasteiger partial charge in [-0.2, -0.15) is 0 Å². The topological polar surface area (TPSA) is 28.4 Å².